The van der Waals surface area contributed by atoms with E-state index in [2.05, 4.69) is 4.84 Å². The first-order valence-electron chi connectivity index (χ1n) is 3.84. The van der Waals surface area contributed by atoms with Gasteiger partial charge in [-0.2, -0.15) is 0 Å². The zero-order valence-corrected chi connectivity index (χ0v) is 7.54. The molecule has 4 heteroatoms. The van der Waals surface area contributed by atoms with Crippen LogP contribution in [0.2, 0.25) is 0 Å². The fraction of sp³-hybridized carbons (Fsp3) is 0.333. The van der Waals surface area contributed by atoms with E-state index in [9.17, 15) is 4.39 Å². The van der Waals surface area contributed by atoms with Crippen molar-refractivity contribution in [3.05, 3.63) is 29.6 Å². The van der Waals surface area contributed by atoms with E-state index in [1.165, 1.54) is 12.1 Å². The normalized spacial score (nSPS) is 11.7. The lowest BCUT2D eigenvalue weighted by Gasteiger charge is -2.22. The Kier molecular flexibility index (Phi) is 2.54. The molecule has 0 aliphatic carbocycles. The maximum atomic E-state index is 13.2. The van der Waals surface area contributed by atoms with Crippen LogP contribution in [0.3, 0.4) is 0 Å². The van der Waals surface area contributed by atoms with Crippen LogP contribution in [0.5, 0.6) is 5.75 Å². The molecule has 0 fully saturated rings. The topological polar surface area (TPSA) is 55.5 Å². The Morgan fingerprint density at radius 1 is 1.46 bits per heavy atom. The van der Waals surface area contributed by atoms with Crippen molar-refractivity contribution in [2.45, 2.75) is 19.4 Å². The summed E-state index contributed by atoms with van der Waals surface area (Å²) < 4.78 is 13.2. The number of phenols is 1. The molecule has 1 aromatic rings. The molecule has 0 atom stereocenters. The predicted octanol–water partition coefficient (Wildman–Crippen LogP) is 1.66. The first-order valence-corrected chi connectivity index (χ1v) is 3.84. The van der Waals surface area contributed by atoms with Gasteiger partial charge >= 0.3 is 0 Å². The quantitative estimate of drug-likeness (QED) is 0.689. The minimum atomic E-state index is -0.891. The second-order valence-electron chi connectivity index (χ2n) is 3.29. The van der Waals surface area contributed by atoms with E-state index in [0.29, 0.717) is 5.56 Å². The Labute approximate surface area is 75.9 Å². The smallest absolute Gasteiger partial charge is 0.133 e. The van der Waals surface area contributed by atoms with Gasteiger partial charge in [-0.1, -0.05) is 0 Å². The third-order valence-corrected chi connectivity index (χ3v) is 1.90. The molecule has 0 radical (unpaired) electrons. The standard InChI is InChI=1S/C9H12FNO2/c1-9(2,13-11)7-4-3-6(12)5-8(7)10/h3-5,12H,11H2,1-2H3. The van der Waals surface area contributed by atoms with Gasteiger partial charge in [0.15, 0.2) is 0 Å². The van der Waals surface area contributed by atoms with Crippen molar-refractivity contribution in [1.82, 2.24) is 0 Å². The Morgan fingerprint density at radius 3 is 2.54 bits per heavy atom. The SMILES string of the molecule is CC(C)(ON)c1ccc(O)cc1F. The van der Waals surface area contributed by atoms with Gasteiger partial charge in [-0.25, -0.2) is 10.3 Å². The molecule has 1 aromatic carbocycles. The number of phenolic OH excluding ortho intramolecular Hbond substituents is 1. The third kappa shape index (κ3) is 1.96. The van der Waals surface area contributed by atoms with Crippen molar-refractivity contribution in [3.8, 4) is 5.75 Å². The highest BCUT2D eigenvalue weighted by atomic mass is 19.1. The third-order valence-electron chi connectivity index (χ3n) is 1.90. The molecule has 0 heterocycles. The van der Waals surface area contributed by atoms with Crippen molar-refractivity contribution >= 4 is 0 Å². The molecule has 1 rings (SSSR count). The fourth-order valence-corrected chi connectivity index (χ4v) is 1.06. The monoisotopic (exact) mass is 185 g/mol. The van der Waals surface area contributed by atoms with Gasteiger partial charge in [0, 0.05) is 11.6 Å². The number of nitrogens with two attached hydrogens (primary N) is 1. The molecule has 0 saturated heterocycles. The summed E-state index contributed by atoms with van der Waals surface area (Å²) in [5.74, 6) is 4.37. The van der Waals surface area contributed by atoms with Gasteiger partial charge in [-0.3, -0.25) is 4.84 Å². The average molecular weight is 185 g/mol. The average Bonchev–Trinajstić information content (AvgIpc) is 2.03. The molecule has 0 aliphatic heterocycles. The summed E-state index contributed by atoms with van der Waals surface area (Å²) >= 11 is 0. The molecule has 0 bridgehead atoms. The second-order valence-corrected chi connectivity index (χ2v) is 3.29. The van der Waals surface area contributed by atoms with E-state index in [0.717, 1.165) is 6.07 Å². The second kappa shape index (κ2) is 3.32. The van der Waals surface area contributed by atoms with E-state index in [1.807, 2.05) is 0 Å². The molecule has 3 nitrogen and oxygen atoms in total. The van der Waals surface area contributed by atoms with Crippen LogP contribution in [-0.4, -0.2) is 5.11 Å². The van der Waals surface area contributed by atoms with Crippen molar-refractivity contribution < 1.29 is 14.3 Å². The largest absolute Gasteiger partial charge is 0.508 e. The Balaban J connectivity index is 3.16. The van der Waals surface area contributed by atoms with Crippen LogP contribution < -0.4 is 5.90 Å². The van der Waals surface area contributed by atoms with E-state index >= 15 is 0 Å². The lowest BCUT2D eigenvalue weighted by molar-refractivity contribution is -0.0260. The van der Waals surface area contributed by atoms with Gasteiger partial charge in [0.1, 0.15) is 17.2 Å². The molecule has 0 aromatic heterocycles. The van der Waals surface area contributed by atoms with Gasteiger partial charge in [-0.05, 0) is 26.0 Å². The number of halogens is 1. The minimum absolute atomic E-state index is 0.117. The highest BCUT2D eigenvalue weighted by Gasteiger charge is 2.24. The fourth-order valence-electron chi connectivity index (χ4n) is 1.06. The highest BCUT2D eigenvalue weighted by molar-refractivity contribution is 5.30. The van der Waals surface area contributed by atoms with Crippen molar-refractivity contribution in [2.75, 3.05) is 0 Å². The Hall–Kier alpha value is -1.13. The molecule has 72 valence electrons. The summed E-state index contributed by atoms with van der Waals surface area (Å²) in [5, 5.41) is 8.96. The van der Waals surface area contributed by atoms with Crippen LogP contribution in [0.4, 0.5) is 4.39 Å². The van der Waals surface area contributed by atoms with E-state index in [1.54, 1.807) is 13.8 Å². The van der Waals surface area contributed by atoms with E-state index < -0.39 is 11.4 Å². The number of benzene rings is 1. The molecule has 3 N–H and O–H groups in total. The van der Waals surface area contributed by atoms with Gasteiger partial charge in [0.2, 0.25) is 0 Å². The molecule has 0 saturated carbocycles. The molecule has 0 aliphatic rings. The van der Waals surface area contributed by atoms with Gasteiger partial charge in [0.05, 0.1) is 0 Å². The van der Waals surface area contributed by atoms with Gasteiger partial charge in [-0.15, -0.1) is 0 Å². The maximum absolute atomic E-state index is 13.2. The summed E-state index contributed by atoms with van der Waals surface area (Å²) in [6.45, 7) is 3.28. The van der Waals surface area contributed by atoms with Crippen molar-refractivity contribution in [2.24, 2.45) is 5.90 Å². The van der Waals surface area contributed by atoms with Crippen LogP contribution in [0.25, 0.3) is 0 Å². The van der Waals surface area contributed by atoms with E-state index in [4.69, 9.17) is 11.0 Å². The first-order chi connectivity index (χ1) is 5.97. The van der Waals surface area contributed by atoms with Crippen LogP contribution in [0.15, 0.2) is 18.2 Å². The Bertz CT molecular complexity index is 312. The molecule has 0 amide bonds. The van der Waals surface area contributed by atoms with E-state index in [-0.39, 0.29) is 5.75 Å². The van der Waals surface area contributed by atoms with Crippen LogP contribution in [0.1, 0.15) is 19.4 Å². The highest BCUT2D eigenvalue weighted by Crippen LogP contribution is 2.27. The number of aromatic hydroxyl groups is 1. The Morgan fingerprint density at radius 2 is 2.08 bits per heavy atom. The molecule has 0 spiro atoms. The predicted molar refractivity (Wildman–Crippen MR) is 46.4 cm³/mol. The lowest BCUT2D eigenvalue weighted by atomic mass is 9.98. The molecule has 0 unspecified atom stereocenters. The number of rotatable bonds is 2. The lowest BCUT2D eigenvalue weighted by Crippen LogP contribution is -2.26. The van der Waals surface area contributed by atoms with Crippen LogP contribution >= 0.6 is 0 Å². The molecule has 13 heavy (non-hydrogen) atoms. The number of hydrogen-bond acceptors (Lipinski definition) is 3. The van der Waals surface area contributed by atoms with Crippen LogP contribution in [0, 0.1) is 5.82 Å². The zero-order valence-electron chi connectivity index (χ0n) is 7.54. The summed E-state index contributed by atoms with van der Waals surface area (Å²) in [5.41, 5.74) is -0.578. The minimum Gasteiger partial charge on any atom is -0.508 e. The summed E-state index contributed by atoms with van der Waals surface area (Å²) in [7, 11) is 0. The summed E-state index contributed by atoms with van der Waals surface area (Å²) in [6, 6.07) is 3.85. The van der Waals surface area contributed by atoms with Crippen LogP contribution in [-0.2, 0) is 10.4 Å². The van der Waals surface area contributed by atoms with Crippen molar-refractivity contribution in [1.29, 1.82) is 0 Å². The maximum Gasteiger partial charge on any atom is 0.133 e. The zero-order chi connectivity index (χ0) is 10.1. The van der Waals surface area contributed by atoms with Gasteiger partial charge < -0.3 is 5.11 Å². The van der Waals surface area contributed by atoms with Gasteiger partial charge in [0.25, 0.3) is 0 Å². The first kappa shape index (κ1) is 9.95. The molecular weight excluding hydrogens is 173 g/mol. The summed E-state index contributed by atoms with van der Waals surface area (Å²) in [6.07, 6.45) is 0. The number of hydrogen-bond donors (Lipinski definition) is 2. The van der Waals surface area contributed by atoms with Crippen molar-refractivity contribution in [3.63, 3.8) is 0 Å². The molecular formula is C9H12FNO2. The summed E-state index contributed by atoms with van der Waals surface area (Å²) in [4.78, 5) is 4.62.